The minimum atomic E-state index is 0.333. The van der Waals surface area contributed by atoms with E-state index in [1.54, 1.807) is 0 Å². The van der Waals surface area contributed by atoms with Crippen LogP contribution in [0.4, 0.5) is 0 Å². The van der Waals surface area contributed by atoms with Gasteiger partial charge >= 0.3 is 0 Å². The summed E-state index contributed by atoms with van der Waals surface area (Å²) in [4.78, 5) is 6.89. The van der Waals surface area contributed by atoms with Gasteiger partial charge in [-0.2, -0.15) is 20.4 Å². The molecule has 23 heavy (non-hydrogen) atoms. The Bertz CT molecular complexity index is 773. The molecule has 1 aromatic carbocycles. The molecular formula is C16H18N6O. The molecule has 7 nitrogen and oxygen atoms in total. The van der Waals surface area contributed by atoms with Crippen LogP contribution >= 0.6 is 0 Å². The molecule has 0 radical (unpaired) electrons. The Hall–Kier alpha value is -2.54. The van der Waals surface area contributed by atoms with Crippen LogP contribution in [-0.2, 0) is 0 Å². The van der Waals surface area contributed by atoms with Crippen molar-refractivity contribution in [1.29, 1.82) is 0 Å². The molecule has 0 aliphatic carbocycles. The van der Waals surface area contributed by atoms with Gasteiger partial charge < -0.3 is 9.42 Å². The van der Waals surface area contributed by atoms with Gasteiger partial charge in [-0.15, -0.1) is 0 Å². The first-order valence-corrected chi connectivity index (χ1v) is 7.80. The van der Waals surface area contributed by atoms with Crippen LogP contribution in [0.2, 0.25) is 0 Å². The van der Waals surface area contributed by atoms with Gasteiger partial charge in [0.2, 0.25) is 11.7 Å². The highest BCUT2D eigenvalue weighted by Gasteiger charge is 2.25. The Morgan fingerprint density at radius 1 is 1.09 bits per heavy atom. The number of H-pyrrole nitrogens is 1. The second-order valence-electron chi connectivity index (χ2n) is 5.92. The van der Waals surface area contributed by atoms with Crippen molar-refractivity contribution in [3.05, 3.63) is 36.2 Å². The van der Waals surface area contributed by atoms with Gasteiger partial charge in [0, 0.05) is 11.5 Å². The fraction of sp³-hybridized carbons (Fsp3) is 0.375. The van der Waals surface area contributed by atoms with E-state index in [4.69, 9.17) is 4.52 Å². The molecule has 3 heterocycles. The lowest BCUT2D eigenvalue weighted by Gasteiger charge is -2.26. The van der Waals surface area contributed by atoms with E-state index in [1.807, 2.05) is 30.3 Å². The molecule has 0 bridgehead atoms. The Labute approximate surface area is 133 Å². The fourth-order valence-corrected chi connectivity index (χ4v) is 2.94. The second kappa shape index (κ2) is 5.92. The van der Waals surface area contributed by atoms with Crippen molar-refractivity contribution in [2.24, 2.45) is 0 Å². The van der Waals surface area contributed by atoms with Crippen LogP contribution < -0.4 is 0 Å². The van der Waals surface area contributed by atoms with Gasteiger partial charge in [-0.25, -0.2) is 0 Å². The lowest BCUT2D eigenvalue weighted by atomic mass is 9.97. The Kier molecular flexibility index (Phi) is 3.63. The van der Waals surface area contributed by atoms with Crippen LogP contribution in [0.1, 0.15) is 24.7 Å². The van der Waals surface area contributed by atoms with Crippen molar-refractivity contribution >= 4 is 0 Å². The van der Waals surface area contributed by atoms with E-state index in [0.29, 0.717) is 23.3 Å². The maximum Gasteiger partial charge on any atom is 0.230 e. The molecule has 3 aromatic rings. The molecule has 4 rings (SSSR count). The molecule has 1 N–H and O–H groups in total. The minimum absolute atomic E-state index is 0.333. The third-order valence-corrected chi connectivity index (χ3v) is 4.32. The molecule has 7 heteroatoms. The molecule has 1 aliphatic heterocycles. The topological polar surface area (TPSA) is 83.7 Å². The largest absolute Gasteiger partial charge is 0.339 e. The summed E-state index contributed by atoms with van der Waals surface area (Å²) >= 11 is 0. The molecule has 0 unspecified atom stereocenters. The molecule has 1 saturated heterocycles. The summed E-state index contributed by atoms with van der Waals surface area (Å²) in [7, 11) is 2.14. The van der Waals surface area contributed by atoms with Crippen molar-refractivity contribution in [2.45, 2.75) is 18.8 Å². The summed E-state index contributed by atoms with van der Waals surface area (Å²) in [5.74, 6) is 1.53. The Morgan fingerprint density at radius 2 is 1.83 bits per heavy atom. The smallest absolute Gasteiger partial charge is 0.230 e. The van der Waals surface area contributed by atoms with Gasteiger partial charge in [0.15, 0.2) is 5.69 Å². The zero-order valence-electron chi connectivity index (χ0n) is 12.9. The first-order valence-electron chi connectivity index (χ1n) is 7.80. The van der Waals surface area contributed by atoms with E-state index in [2.05, 4.69) is 37.5 Å². The lowest BCUT2D eigenvalue weighted by molar-refractivity contribution is 0.227. The fourth-order valence-electron chi connectivity index (χ4n) is 2.94. The summed E-state index contributed by atoms with van der Waals surface area (Å²) in [6.45, 7) is 2.11. The third-order valence-electron chi connectivity index (χ3n) is 4.32. The minimum Gasteiger partial charge on any atom is -0.339 e. The van der Waals surface area contributed by atoms with Crippen molar-refractivity contribution in [3.63, 3.8) is 0 Å². The van der Waals surface area contributed by atoms with E-state index in [0.717, 1.165) is 37.2 Å². The zero-order chi connectivity index (χ0) is 15.6. The second-order valence-corrected chi connectivity index (χ2v) is 5.92. The summed E-state index contributed by atoms with van der Waals surface area (Å²) in [6, 6.07) is 9.87. The van der Waals surface area contributed by atoms with Crippen LogP contribution in [0, 0.1) is 0 Å². The zero-order valence-corrected chi connectivity index (χ0v) is 12.9. The quantitative estimate of drug-likeness (QED) is 0.799. The molecule has 0 amide bonds. The molecule has 0 atom stereocenters. The van der Waals surface area contributed by atoms with Crippen LogP contribution in [-0.4, -0.2) is 50.6 Å². The van der Waals surface area contributed by atoms with Crippen LogP contribution in [0.3, 0.4) is 0 Å². The first-order chi connectivity index (χ1) is 11.3. The predicted octanol–water partition coefficient (Wildman–Crippen LogP) is 2.33. The molecule has 2 aromatic heterocycles. The number of aromatic nitrogens is 5. The summed E-state index contributed by atoms with van der Waals surface area (Å²) in [6.07, 6.45) is 2.09. The monoisotopic (exact) mass is 310 g/mol. The van der Waals surface area contributed by atoms with Crippen LogP contribution in [0.15, 0.2) is 34.9 Å². The average Bonchev–Trinajstić information content (AvgIpc) is 3.25. The van der Waals surface area contributed by atoms with E-state index in [9.17, 15) is 0 Å². The molecule has 118 valence electrons. The summed E-state index contributed by atoms with van der Waals surface area (Å²) in [5.41, 5.74) is 2.34. The number of benzene rings is 1. The number of hydrogen-bond donors (Lipinski definition) is 1. The van der Waals surface area contributed by atoms with Crippen molar-refractivity contribution < 1.29 is 4.52 Å². The maximum absolute atomic E-state index is 5.49. The summed E-state index contributed by atoms with van der Waals surface area (Å²) < 4.78 is 5.49. The number of hydrogen-bond acceptors (Lipinski definition) is 6. The number of piperidine rings is 1. The maximum atomic E-state index is 5.49. The number of aromatic amines is 1. The first kappa shape index (κ1) is 14.1. The highest BCUT2D eigenvalue weighted by molar-refractivity contribution is 5.73. The van der Waals surface area contributed by atoms with Crippen molar-refractivity contribution in [3.8, 4) is 22.8 Å². The van der Waals surface area contributed by atoms with Gasteiger partial charge in [0.25, 0.3) is 0 Å². The number of rotatable bonds is 3. The van der Waals surface area contributed by atoms with E-state index in [1.165, 1.54) is 0 Å². The standard InChI is InChI=1S/C16H18N6O/c1-22-9-7-12(8-10-22)16-17-15(20-23-16)14-13(18-21-19-14)11-5-3-2-4-6-11/h2-6,12H,7-10H2,1H3,(H,18,19,21). The third kappa shape index (κ3) is 2.75. The van der Waals surface area contributed by atoms with Crippen LogP contribution in [0.5, 0.6) is 0 Å². The van der Waals surface area contributed by atoms with Crippen molar-refractivity contribution in [1.82, 2.24) is 30.5 Å². The van der Waals surface area contributed by atoms with E-state index in [-0.39, 0.29) is 0 Å². The normalized spacial score (nSPS) is 16.7. The SMILES string of the molecule is CN1CCC(c2nc(-c3n[nH]nc3-c3ccccc3)no2)CC1. The highest BCUT2D eigenvalue weighted by atomic mass is 16.5. The Balaban J connectivity index is 1.62. The van der Waals surface area contributed by atoms with Gasteiger partial charge in [-0.3, -0.25) is 0 Å². The van der Waals surface area contributed by atoms with Gasteiger partial charge in [-0.05, 0) is 33.0 Å². The number of nitrogens with one attached hydrogen (secondary N) is 1. The Morgan fingerprint density at radius 3 is 2.61 bits per heavy atom. The average molecular weight is 310 g/mol. The van der Waals surface area contributed by atoms with Crippen molar-refractivity contribution in [2.75, 3.05) is 20.1 Å². The summed E-state index contributed by atoms with van der Waals surface area (Å²) in [5, 5.41) is 15.2. The molecule has 0 spiro atoms. The highest BCUT2D eigenvalue weighted by Crippen LogP contribution is 2.30. The molecule has 0 saturated carbocycles. The van der Waals surface area contributed by atoms with E-state index >= 15 is 0 Å². The number of likely N-dealkylation sites (tertiary alicyclic amines) is 1. The van der Waals surface area contributed by atoms with Gasteiger partial charge in [0.1, 0.15) is 5.69 Å². The van der Waals surface area contributed by atoms with Gasteiger partial charge in [-0.1, -0.05) is 35.5 Å². The molecular weight excluding hydrogens is 292 g/mol. The van der Waals surface area contributed by atoms with E-state index < -0.39 is 0 Å². The van der Waals surface area contributed by atoms with Crippen LogP contribution in [0.25, 0.3) is 22.8 Å². The molecule has 1 fully saturated rings. The predicted molar refractivity (Wildman–Crippen MR) is 84.6 cm³/mol. The lowest BCUT2D eigenvalue weighted by Crippen LogP contribution is -2.29. The van der Waals surface area contributed by atoms with Gasteiger partial charge in [0.05, 0.1) is 0 Å². The molecule has 1 aliphatic rings. The number of nitrogens with zero attached hydrogens (tertiary/aromatic N) is 5.